The van der Waals surface area contributed by atoms with Crippen LogP contribution < -0.4 is 4.90 Å². The van der Waals surface area contributed by atoms with Crippen LogP contribution in [0.15, 0.2) is 199 Å². The lowest BCUT2D eigenvalue weighted by atomic mass is 9.98. The van der Waals surface area contributed by atoms with Crippen LogP contribution in [0, 0.1) is 6.92 Å². The van der Waals surface area contributed by atoms with E-state index in [1.807, 2.05) is 12.1 Å². The van der Waals surface area contributed by atoms with Gasteiger partial charge in [0.2, 0.25) is 0 Å². The highest BCUT2D eigenvalue weighted by Gasteiger charge is 2.17. The number of nitrogens with zero attached hydrogens (tertiary/aromatic N) is 1. The molecule has 250 valence electrons. The molecule has 2 nitrogen and oxygen atoms in total. The molecule has 10 aromatic rings. The van der Waals surface area contributed by atoms with Gasteiger partial charge in [0.1, 0.15) is 11.2 Å². The van der Waals surface area contributed by atoms with Gasteiger partial charge in [0, 0.05) is 33.4 Å². The van der Waals surface area contributed by atoms with Crippen molar-refractivity contribution < 1.29 is 4.42 Å². The van der Waals surface area contributed by atoms with Crippen molar-refractivity contribution in [3.8, 4) is 33.4 Å². The Morgan fingerprint density at radius 3 is 1.64 bits per heavy atom. The van der Waals surface area contributed by atoms with Crippen molar-refractivity contribution in [3.63, 3.8) is 0 Å². The van der Waals surface area contributed by atoms with Crippen molar-refractivity contribution in [3.05, 3.63) is 200 Å². The molecule has 1 aromatic heterocycles. The minimum Gasteiger partial charge on any atom is -0.455 e. The molecule has 0 aliphatic rings. The Hall–Kier alpha value is -6.90. The van der Waals surface area contributed by atoms with Gasteiger partial charge in [-0.1, -0.05) is 152 Å². The Morgan fingerprint density at radius 1 is 0.358 bits per heavy atom. The maximum absolute atomic E-state index is 6.40. The largest absolute Gasteiger partial charge is 0.455 e. The molecular formula is C51H35NO. The van der Waals surface area contributed by atoms with Gasteiger partial charge in [0.05, 0.1) is 0 Å². The molecule has 0 atom stereocenters. The maximum atomic E-state index is 6.40. The molecule has 0 bridgehead atoms. The molecule has 0 radical (unpaired) electrons. The Morgan fingerprint density at radius 2 is 0.906 bits per heavy atom. The monoisotopic (exact) mass is 677 g/mol. The van der Waals surface area contributed by atoms with Crippen LogP contribution in [0.25, 0.3) is 76.9 Å². The summed E-state index contributed by atoms with van der Waals surface area (Å²) >= 11 is 0. The van der Waals surface area contributed by atoms with Gasteiger partial charge >= 0.3 is 0 Å². The van der Waals surface area contributed by atoms with Gasteiger partial charge in [-0.3, -0.25) is 0 Å². The molecule has 0 N–H and O–H groups in total. The van der Waals surface area contributed by atoms with Gasteiger partial charge < -0.3 is 9.32 Å². The molecule has 53 heavy (non-hydrogen) atoms. The molecule has 2 heteroatoms. The second kappa shape index (κ2) is 12.7. The zero-order chi connectivity index (χ0) is 35.3. The topological polar surface area (TPSA) is 16.4 Å². The quantitative estimate of drug-likeness (QED) is 0.163. The first kappa shape index (κ1) is 30.9. The van der Waals surface area contributed by atoms with Gasteiger partial charge in [0.25, 0.3) is 0 Å². The van der Waals surface area contributed by atoms with Gasteiger partial charge in [-0.25, -0.2) is 0 Å². The standard InChI is InChI=1S/C51H35NO/c1-34-9-7-14-47-44(34)31-25-40-33-43(30-32-45(40)47)52(41-26-21-38(22-27-41)37-19-17-36(18-20-37)35-10-3-2-4-11-35)42-28-23-39(24-29-42)46-13-8-15-49-48-12-5-6-16-50(48)53-51(46)49/h2-33H,1H3. The van der Waals surface area contributed by atoms with Crippen molar-refractivity contribution in [2.45, 2.75) is 6.92 Å². The fourth-order valence-electron chi connectivity index (χ4n) is 7.88. The summed E-state index contributed by atoms with van der Waals surface area (Å²) in [5, 5.41) is 7.34. The lowest BCUT2D eigenvalue weighted by molar-refractivity contribution is 0.670. The first-order chi connectivity index (χ1) is 26.2. The van der Waals surface area contributed by atoms with E-state index in [0.717, 1.165) is 50.1 Å². The summed E-state index contributed by atoms with van der Waals surface area (Å²) in [4.78, 5) is 2.35. The van der Waals surface area contributed by atoms with Gasteiger partial charge in [-0.2, -0.15) is 0 Å². The molecule has 0 aliphatic heterocycles. The molecule has 0 amide bonds. The van der Waals surface area contributed by atoms with E-state index >= 15 is 0 Å². The summed E-state index contributed by atoms with van der Waals surface area (Å²) in [7, 11) is 0. The first-order valence-corrected chi connectivity index (χ1v) is 18.2. The average molecular weight is 678 g/mol. The van der Waals surface area contributed by atoms with Gasteiger partial charge in [-0.05, 0) is 104 Å². The van der Waals surface area contributed by atoms with E-state index in [4.69, 9.17) is 4.42 Å². The zero-order valence-corrected chi connectivity index (χ0v) is 29.3. The summed E-state index contributed by atoms with van der Waals surface area (Å²) in [6, 6.07) is 69.8. The number of hydrogen-bond donors (Lipinski definition) is 0. The van der Waals surface area contributed by atoms with E-state index in [0.29, 0.717) is 0 Å². The molecule has 0 unspecified atom stereocenters. The van der Waals surface area contributed by atoms with Crippen molar-refractivity contribution in [1.82, 2.24) is 0 Å². The minimum absolute atomic E-state index is 0.910. The number of rotatable bonds is 6. The summed E-state index contributed by atoms with van der Waals surface area (Å²) in [5.41, 5.74) is 13.4. The predicted octanol–water partition coefficient (Wildman–Crippen LogP) is 14.7. The molecular weight excluding hydrogens is 643 g/mol. The Kier molecular flexibility index (Phi) is 7.40. The fourth-order valence-corrected chi connectivity index (χ4v) is 7.88. The molecule has 9 aromatic carbocycles. The minimum atomic E-state index is 0.910. The third kappa shape index (κ3) is 5.44. The van der Waals surface area contributed by atoms with Crippen LogP contribution in [0.1, 0.15) is 5.56 Å². The third-order valence-electron chi connectivity index (χ3n) is 10.6. The van der Waals surface area contributed by atoms with Crippen molar-refractivity contribution >= 4 is 60.5 Å². The summed E-state index contributed by atoms with van der Waals surface area (Å²) in [5.74, 6) is 0. The molecule has 10 rings (SSSR count). The summed E-state index contributed by atoms with van der Waals surface area (Å²) in [6.07, 6.45) is 0. The number of para-hydroxylation sites is 2. The number of furan rings is 1. The highest BCUT2D eigenvalue weighted by atomic mass is 16.3. The number of aryl methyl sites for hydroxylation is 1. The van der Waals surface area contributed by atoms with Crippen LogP contribution in [0.4, 0.5) is 17.1 Å². The molecule has 0 saturated heterocycles. The van der Waals surface area contributed by atoms with Crippen LogP contribution in [-0.2, 0) is 0 Å². The van der Waals surface area contributed by atoms with Crippen LogP contribution >= 0.6 is 0 Å². The van der Waals surface area contributed by atoms with E-state index in [1.165, 1.54) is 49.4 Å². The van der Waals surface area contributed by atoms with E-state index in [-0.39, 0.29) is 0 Å². The molecule has 0 aliphatic carbocycles. The predicted molar refractivity (Wildman–Crippen MR) is 224 cm³/mol. The van der Waals surface area contributed by atoms with Crippen LogP contribution in [0.3, 0.4) is 0 Å². The summed E-state index contributed by atoms with van der Waals surface area (Å²) < 4.78 is 6.40. The number of hydrogen-bond acceptors (Lipinski definition) is 2. The van der Waals surface area contributed by atoms with E-state index in [2.05, 4.69) is 194 Å². The molecule has 1 heterocycles. The fraction of sp³-hybridized carbons (Fsp3) is 0.0196. The SMILES string of the molecule is Cc1cccc2c1ccc1cc(N(c3ccc(-c4ccc(-c5ccccc5)cc4)cc3)c3ccc(-c4cccc5c4oc4ccccc45)cc3)ccc12. The average Bonchev–Trinajstić information content (AvgIpc) is 3.61. The summed E-state index contributed by atoms with van der Waals surface area (Å²) in [6.45, 7) is 2.18. The van der Waals surface area contributed by atoms with Gasteiger partial charge in [-0.15, -0.1) is 0 Å². The van der Waals surface area contributed by atoms with Crippen molar-refractivity contribution in [2.75, 3.05) is 4.90 Å². The Bertz CT molecular complexity index is 2920. The van der Waals surface area contributed by atoms with Crippen molar-refractivity contribution in [2.24, 2.45) is 0 Å². The first-order valence-electron chi connectivity index (χ1n) is 18.2. The smallest absolute Gasteiger partial charge is 0.143 e. The molecule has 0 fully saturated rings. The van der Waals surface area contributed by atoms with E-state index < -0.39 is 0 Å². The normalized spacial score (nSPS) is 11.5. The Balaban J connectivity index is 1.05. The highest BCUT2D eigenvalue weighted by Crippen LogP contribution is 2.41. The van der Waals surface area contributed by atoms with Crippen LogP contribution in [-0.4, -0.2) is 0 Å². The number of benzene rings is 9. The van der Waals surface area contributed by atoms with Crippen LogP contribution in [0.5, 0.6) is 0 Å². The molecule has 0 spiro atoms. The number of fused-ring (bicyclic) bond motifs is 6. The molecule has 0 saturated carbocycles. The van der Waals surface area contributed by atoms with E-state index in [9.17, 15) is 0 Å². The zero-order valence-electron chi connectivity index (χ0n) is 29.3. The lowest BCUT2D eigenvalue weighted by Crippen LogP contribution is -2.09. The van der Waals surface area contributed by atoms with E-state index in [1.54, 1.807) is 0 Å². The number of anilines is 3. The van der Waals surface area contributed by atoms with Gasteiger partial charge in [0.15, 0.2) is 0 Å². The third-order valence-corrected chi connectivity index (χ3v) is 10.6. The second-order valence-corrected chi connectivity index (χ2v) is 13.8. The highest BCUT2D eigenvalue weighted by molar-refractivity contribution is 6.10. The lowest BCUT2D eigenvalue weighted by Gasteiger charge is -2.26. The second-order valence-electron chi connectivity index (χ2n) is 13.8. The van der Waals surface area contributed by atoms with Crippen LogP contribution in [0.2, 0.25) is 0 Å². The Labute approximate surface area is 308 Å². The van der Waals surface area contributed by atoms with Crippen molar-refractivity contribution in [1.29, 1.82) is 0 Å². The maximum Gasteiger partial charge on any atom is 0.143 e.